The largest absolute Gasteiger partial charge is 0.508 e. The van der Waals surface area contributed by atoms with E-state index in [2.05, 4.69) is 5.32 Å². The third kappa shape index (κ3) is 10.1. The van der Waals surface area contributed by atoms with E-state index in [1.54, 1.807) is 24.3 Å². The first-order valence-electron chi connectivity index (χ1n) is 15.1. The maximum absolute atomic E-state index is 14.1. The summed E-state index contributed by atoms with van der Waals surface area (Å²) < 4.78 is 0. The van der Waals surface area contributed by atoms with E-state index in [1.807, 2.05) is 0 Å². The number of halogens is 1. The number of amides is 3. The van der Waals surface area contributed by atoms with Gasteiger partial charge < -0.3 is 41.3 Å². The topological polar surface area (TPSA) is 194 Å². The van der Waals surface area contributed by atoms with Crippen LogP contribution in [0.1, 0.15) is 49.7 Å². The number of likely N-dealkylation sites (N-methyl/N-ethyl adjacent to an activating group) is 1. The number of nitrogens with zero attached hydrogens (tertiary/aromatic N) is 2. The molecule has 45 heavy (non-hydrogen) atoms. The first-order valence-corrected chi connectivity index (χ1v) is 15.6. The second-order valence-corrected chi connectivity index (χ2v) is 11.8. The number of nitrogens with two attached hydrogens (primary N) is 1. The van der Waals surface area contributed by atoms with Crippen molar-refractivity contribution in [2.24, 2.45) is 5.73 Å². The van der Waals surface area contributed by atoms with Gasteiger partial charge in [0.25, 0.3) is 5.91 Å². The molecule has 0 aliphatic carbocycles. The SMILES string of the molecule is CN(C(=O)[C@H](Cc1ccc(O)cc1)NC(=O)[C@@H](O)[C@H](N)CCCCCCl)[C@@H](Cc1ccc(O)cc1)C(=O)N1CCC[C@H]1C(=O)O. The van der Waals surface area contributed by atoms with E-state index in [9.17, 15) is 39.6 Å². The van der Waals surface area contributed by atoms with E-state index in [0.717, 1.165) is 12.8 Å². The van der Waals surface area contributed by atoms with Crippen LogP contribution in [0.2, 0.25) is 0 Å². The summed E-state index contributed by atoms with van der Waals surface area (Å²) in [6.45, 7) is 0.215. The van der Waals surface area contributed by atoms with Gasteiger partial charge in [0.1, 0.15) is 35.7 Å². The number of aromatic hydroxyl groups is 2. The van der Waals surface area contributed by atoms with E-state index in [-0.39, 0.29) is 37.3 Å². The number of carboxylic acid groups (broad SMARTS) is 1. The van der Waals surface area contributed by atoms with E-state index < -0.39 is 54.0 Å². The lowest BCUT2D eigenvalue weighted by Crippen LogP contribution is -2.59. The molecule has 13 heteroatoms. The number of carboxylic acids is 1. The number of unbranched alkanes of at least 4 members (excludes halogenated alkanes) is 2. The summed E-state index contributed by atoms with van der Waals surface area (Å²) in [6.07, 6.45) is 1.75. The van der Waals surface area contributed by atoms with E-state index in [0.29, 0.717) is 36.3 Å². The highest BCUT2D eigenvalue weighted by Gasteiger charge is 2.41. The first kappa shape index (κ1) is 35.6. The Morgan fingerprint density at radius 1 is 0.978 bits per heavy atom. The van der Waals surface area contributed by atoms with Crippen LogP contribution in [0, 0.1) is 0 Å². The van der Waals surface area contributed by atoms with E-state index in [1.165, 1.54) is 41.1 Å². The fraction of sp³-hybridized carbons (Fsp3) is 0.500. The van der Waals surface area contributed by atoms with Gasteiger partial charge in [-0.1, -0.05) is 37.1 Å². The summed E-state index contributed by atoms with van der Waals surface area (Å²) in [5.41, 5.74) is 7.30. The molecule has 1 aliphatic rings. The van der Waals surface area contributed by atoms with Gasteiger partial charge in [-0.2, -0.15) is 0 Å². The number of benzene rings is 2. The standard InChI is InChI=1S/C32H43ClN4O8/c1-36(27(19-21-10-14-23(39)15-11-21)31(43)37-17-5-7-26(37)32(44)45)30(42)25(18-20-8-12-22(38)13-9-20)35-29(41)28(40)24(34)6-3-2-4-16-33/h8-15,24-28,38-40H,2-7,16-19,34H2,1H3,(H,35,41)(H,44,45)/t24-,25+,26+,27+,28+/m1/s1. The zero-order valence-corrected chi connectivity index (χ0v) is 26.1. The fourth-order valence-corrected chi connectivity index (χ4v) is 5.64. The number of alkyl halides is 1. The summed E-state index contributed by atoms with van der Waals surface area (Å²) in [6, 6.07) is 7.85. The number of nitrogens with one attached hydrogen (secondary N) is 1. The highest BCUT2D eigenvalue weighted by molar-refractivity contribution is 6.17. The number of aliphatic hydroxyl groups is 1. The minimum absolute atomic E-state index is 0.0106. The molecular weight excluding hydrogens is 604 g/mol. The van der Waals surface area contributed by atoms with Crippen LogP contribution in [0.3, 0.4) is 0 Å². The molecule has 3 amide bonds. The smallest absolute Gasteiger partial charge is 0.326 e. The Kier molecular flexibility index (Phi) is 13.4. The Labute approximate surface area is 267 Å². The molecular formula is C32H43ClN4O8. The summed E-state index contributed by atoms with van der Waals surface area (Å²) in [4.78, 5) is 55.5. The van der Waals surface area contributed by atoms with Crippen molar-refractivity contribution in [3.05, 3.63) is 59.7 Å². The first-order chi connectivity index (χ1) is 21.4. The molecule has 2 aromatic rings. The van der Waals surface area contributed by atoms with Gasteiger partial charge in [-0.25, -0.2) is 4.79 Å². The number of hydrogen-bond acceptors (Lipinski definition) is 8. The Hall–Kier alpha value is -3.87. The van der Waals surface area contributed by atoms with Crippen molar-refractivity contribution in [3.63, 3.8) is 0 Å². The second kappa shape index (κ2) is 17.0. The molecule has 0 aromatic heterocycles. The number of aliphatic hydroxyl groups excluding tert-OH is 1. The minimum Gasteiger partial charge on any atom is -0.508 e. The van der Waals surface area contributed by atoms with Gasteiger partial charge in [0, 0.05) is 38.4 Å². The van der Waals surface area contributed by atoms with Crippen LogP contribution in [0.5, 0.6) is 11.5 Å². The maximum atomic E-state index is 14.1. The van der Waals surface area contributed by atoms with Crippen LogP contribution >= 0.6 is 11.6 Å². The van der Waals surface area contributed by atoms with Gasteiger partial charge in [-0.3, -0.25) is 14.4 Å². The molecule has 0 saturated carbocycles. The van der Waals surface area contributed by atoms with Crippen molar-refractivity contribution in [1.82, 2.24) is 15.1 Å². The molecule has 7 N–H and O–H groups in total. The Morgan fingerprint density at radius 2 is 1.56 bits per heavy atom. The molecule has 1 saturated heterocycles. The molecule has 1 fully saturated rings. The number of aliphatic carboxylic acids is 1. The van der Waals surface area contributed by atoms with Crippen molar-refractivity contribution in [2.45, 2.75) is 81.6 Å². The monoisotopic (exact) mass is 646 g/mol. The average Bonchev–Trinajstić information content (AvgIpc) is 3.53. The molecule has 2 aromatic carbocycles. The predicted molar refractivity (Wildman–Crippen MR) is 168 cm³/mol. The number of carbonyl (C=O) groups is 4. The van der Waals surface area contributed by atoms with Crippen molar-refractivity contribution < 1.29 is 39.6 Å². The van der Waals surface area contributed by atoms with E-state index >= 15 is 0 Å². The van der Waals surface area contributed by atoms with Crippen molar-refractivity contribution >= 4 is 35.3 Å². The van der Waals surface area contributed by atoms with Crippen molar-refractivity contribution in [2.75, 3.05) is 19.5 Å². The average molecular weight is 647 g/mol. The van der Waals surface area contributed by atoms with Crippen molar-refractivity contribution in [3.8, 4) is 11.5 Å². The molecule has 0 unspecified atom stereocenters. The number of phenols is 2. The van der Waals surface area contributed by atoms with Gasteiger partial charge in [0.15, 0.2) is 0 Å². The van der Waals surface area contributed by atoms with Crippen LogP contribution in [-0.2, 0) is 32.0 Å². The molecule has 0 radical (unpaired) electrons. The molecule has 1 heterocycles. The van der Waals surface area contributed by atoms with Crippen LogP contribution < -0.4 is 11.1 Å². The summed E-state index contributed by atoms with van der Waals surface area (Å²) in [5, 5.41) is 42.5. The zero-order valence-electron chi connectivity index (χ0n) is 25.3. The lowest BCUT2D eigenvalue weighted by atomic mass is 9.99. The highest BCUT2D eigenvalue weighted by atomic mass is 35.5. The van der Waals surface area contributed by atoms with Gasteiger partial charge >= 0.3 is 5.97 Å². The molecule has 3 rings (SSSR count). The van der Waals surface area contributed by atoms with Gasteiger partial charge in [0.05, 0.1) is 0 Å². The Bertz CT molecular complexity index is 1290. The number of phenolic OH excluding ortho intramolecular Hbond substituents is 2. The molecule has 5 atom stereocenters. The van der Waals surface area contributed by atoms with E-state index in [4.69, 9.17) is 17.3 Å². The maximum Gasteiger partial charge on any atom is 0.326 e. The zero-order chi connectivity index (χ0) is 33.1. The van der Waals surface area contributed by atoms with Crippen LogP contribution in [0.4, 0.5) is 0 Å². The summed E-state index contributed by atoms with van der Waals surface area (Å²) in [7, 11) is 1.41. The third-order valence-electron chi connectivity index (χ3n) is 8.12. The van der Waals surface area contributed by atoms with Crippen LogP contribution in [-0.4, -0.2) is 104 Å². The predicted octanol–water partition coefficient (Wildman–Crippen LogP) is 1.76. The molecule has 246 valence electrons. The third-order valence-corrected chi connectivity index (χ3v) is 8.39. The van der Waals surface area contributed by atoms with Crippen molar-refractivity contribution in [1.29, 1.82) is 0 Å². The van der Waals surface area contributed by atoms with Gasteiger partial charge in [-0.15, -0.1) is 11.6 Å². The number of carbonyl (C=O) groups excluding carboxylic acids is 3. The Balaban J connectivity index is 1.89. The molecule has 1 aliphatic heterocycles. The number of hydrogen-bond donors (Lipinski definition) is 6. The lowest BCUT2D eigenvalue weighted by molar-refractivity contribution is -0.153. The van der Waals surface area contributed by atoms with Crippen LogP contribution in [0.15, 0.2) is 48.5 Å². The van der Waals surface area contributed by atoms with Crippen LogP contribution in [0.25, 0.3) is 0 Å². The normalized spacial score (nSPS) is 17.2. The van der Waals surface area contributed by atoms with Gasteiger partial charge in [0.2, 0.25) is 11.8 Å². The second-order valence-electron chi connectivity index (χ2n) is 11.4. The molecule has 12 nitrogen and oxygen atoms in total. The molecule has 0 bridgehead atoms. The molecule has 0 spiro atoms. The lowest BCUT2D eigenvalue weighted by Gasteiger charge is -2.35. The summed E-state index contributed by atoms with van der Waals surface area (Å²) in [5.74, 6) is -2.67. The quantitative estimate of drug-likeness (QED) is 0.116. The highest BCUT2D eigenvalue weighted by Crippen LogP contribution is 2.23. The minimum atomic E-state index is -1.60. The summed E-state index contributed by atoms with van der Waals surface area (Å²) >= 11 is 5.71. The van der Waals surface area contributed by atoms with Gasteiger partial charge in [-0.05, 0) is 61.1 Å². The number of likely N-dealkylation sites (tertiary alicyclic amines) is 1. The number of rotatable bonds is 16. The Morgan fingerprint density at radius 3 is 2.11 bits per heavy atom. The fourth-order valence-electron chi connectivity index (χ4n) is 5.45.